The number of hydrogen-bond acceptors (Lipinski definition) is 3. The van der Waals surface area contributed by atoms with Crippen LogP contribution < -0.4 is 0 Å². The van der Waals surface area contributed by atoms with Crippen LogP contribution in [0, 0.1) is 34.0 Å². The SMILES string of the molecule is CC1(C)C2=CC[C@H]3[C@@H]4CC[C@H](O)[C@@]4(C)CC[C@@H]3[C@@]2(C)CCC12OCCO2. The maximum Gasteiger partial charge on any atom is 0.177 e. The van der Waals surface area contributed by atoms with Crippen molar-refractivity contribution in [3.63, 3.8) is 0 Å². The Morgan fingerprint density at radius 3 is 2.38 bits per heavy atom. The molecule has 1 spiro atoms. The van der Waals surface area contributed by atoms with Crippen LogP contribution in [0.3, 0.4) is 0 Å². The van der Waals surface area contributed by atoms with Gasteiger partial charge in [-0.2, -0.15) is 0 Å². The molecule has 3 saturated carbocycles. The van der Waals surface area contributed by atoms with Gasteiger partial charge >= 0.3 is 0 Å². The lowest BCUT2D eigenvalue weighted by molar-refractivity contribution is -0.246. The zero-order valence-electron chi connectivity index (χ0n) is 17.0. The topological polar surface area (TPSA) is 38.7 Å². The molecule has 3 heteroatoms. The number of fused-ring (bicyclic) bond motifs is 5. The molecule has 26 heavy (non-hydrogen) atoms. The Kier molecular flexibility index (Phi) is 3.65. The first-order valence-electron chi connectivity index (χ1n) is 10.9. The zero-order chi connectivity index (χ0) is 18.4. The van der Waals surface area contributed by atoms with E-state index in [1.807, 2.05) is 0 Å². The van der Waals surface area contributed by atoms with Crippen molar-refractivity contribution < 1.29 is 14.6 Å². The second kappa shape index (κ2) is 5.36. The van der Waals surface area contributed by atoms with E-state index in [2.05, 4.69) is 33.8 Å². The summed E-state index contributed by atoms with van der Waals surface area (Å²) in [5.74, 6) is 1.79. The van der Waals surface area contributed by atoms with E-state index in [1.54, 1.807) is 5.57 Å². The Labute approximate surface area is 158 Å². The van der Waals surface area contributed by atoms with Crippen LogP contribution in [0.5, 0.6) is 0 Å². The molecule has 3 nitrogen and oxygen atoms in total. The minimum Gasteiger partial charge on any atom is -0.393 e. The average Bonchev–Trinajstić information content (AvgIpc) is 3.19. The van der Waals surface area contributed by atoms with Gasteiger partial charge in [0.25, 0.3) is 0 Å². The normalized spacial score (nSPS) is 51.5. The Morgan fingerprint density at radius 1 is 0.923 bits per heavy atom. The van der Waals surface area contributed by atoms with Gasteiger partial charge in [0.15, 0.2) is 5.79 Å². The van der Waals surface area contributed by atoms with E-state index in [0.29, 0.717) is 5.92 Å². The first-order valence-corrected chi connectivity index (χ1v) is 10.9. The predicted molar refractivity (Wildman–Crippen MR) is 102 cm³/mol. The second-order valence-electron chi connectivity index (χ2n) is 10.9. The molecule has 0 aromatic heterocycles. The number of aliphatic hydroxyl groups is 1. The molecule has 4 fully saturated rings. The van der Waals surface area contributed by atoms with Crippen molar-refractivity contribution in [1.82, 2.24) is 0 Å². The minimum absolute atomic E-state index is 0.0581. The van der Waals surface area contributed by atoms with Gasteiger partial charge in [-0.3, -0.25) is 0 Å². The van der Waals surface area contributed by atoms with Crippen molar-refractivity contribution in [2.24, 2.45) is 34.0 Å². The molecule has 1 heterocycles. The van der Waals surface area contributed by atoms with Crippen molar-refractivity contribution >= 4 is 0 Å². The van der Waals surface area contributed by atoms with Crippen LogP contribution in [0.1, 0.15) is 72.6 Å². The molecule has 0 unspecified atom stereocenters. The summed E-state index contributed by atoms with van der Waals surface area (Å²) >= 11 is 0. The van der Waals surface area contributed by atoms with Gasteiger partial charge in [-0.25, -0.2) is 0 Å². The molecule has 0 radical (unpaired) electrons. The molecular formula is C23H36O3. The van der Waals surface area contributed by atoms with Gasteiger partial charge in [0, 0.05) is 11.8 Å². The Hall–Kier alpha value is -0.380. The molecule has 1 saturated heterocycles. The molecule has 6 atom stereocenters. The van der Waals surface area contributed by atoms with Gasteiger partial charge in [-0.05, 0) is 67.1 Å². The van der Waals surface area contributed by atoms with Crippen molar-refractivity contribution in [2.45, 2.75) is 84.5 Å². The van der Waals surface area contributed by atoms with Crippen LogP contribution in [0.2, 0.25) is 0 Å². The maximum atomic E-state index is 10.6. The zero-order valence-corrected chi connectivity index (χ0v) is 17.0. The lowest BCUT2D eigenvalue weighted by Crippen LogP contribution is -2.59. The maximum absolute atomic E-state index is 10.6. The van der Waals surface area contributed by atoms with Crippen molar-refractivity contribution in [1.29, 1.82) is 0 Å². The van der Waals surface area contributed by atoms with Crippen LogP contribution in [-0.2, 0) is 9.47 Å². The number of rotatable bonds is 0. The molecule has 5 aliphatic rings. The molecule has 0 bridgehead atoms. The van der Waals surface area contributed by atoms with E-state index < -0.39 is 5.79 Å². The molecular weight excluding hydrogens is 324 g/mol. The number of hydrogen-bond donors (Lipinski definition) is 1. The number of ether oxygens (including phenoxy) is 2. The highest BCUT2D eigenvalue weighted by Gasteiger charge is 2.65. The summed E-state index contributed by atoms with van der Waals surface area (Å²) < 4.78 is 12.5. The average molecular weight is 361 g/mol. The van der Waals surface area contributed by atoms with Gasteiger partial charge in [-0.1, -0.05) is 39.3 Å². The molecule has 1 N–H and O–H groups in total. The highest BCUT2D eigenvalue weighted by molar-refractivity contribution is 5.33. The number of allylic oxidation sites excluding steroid dienone is 1. The quantitative estimate of drug-likeness (QED) is 0.637. The summed E-state index contributed by atoms with van der Waals surface area (Å²) in [6, 6.07) is 0. The molecule has 0 aromatic carbocycles. The van der Waals surface area contributed by atoms with Crippen molar-refractivity contribution in [2.75, 3.05) is 13.2 Å². The van der Waals surface area contributed by atoms with Crippen LogP contribution in [-0.4, -0.2) is 30.2 Å². The van der Waals surface area contributed by atoms with E-state index in [1.165, 1.54) is 32.1 Å². The van der Waals surface area contributed by atoms with Crippen molar-refractivity contribution in [3.05, 3.63) is 11.6 Å². The van der Waals surface area contributed by atoms with Gasteiger partial charge in [0.05, 0.1) is 19.3 Å². The smallest absolute Gasteiger partial charge is 0.177 e. The van der Waals surface area contributed by atoms with Gasteiger partial charge < -0.3 is 14.6 Å². The third-order valence-electron chi connectivity index (χ3n) is 9.77. The molecule has 4 aliphatic carbocycles. The second-order valence-corrected chi connectivity index (χ2v) is 10.9. The van der Waals surface area contributed by atoms with E-state index in [-0.39, 0.29) is 22.3 Å². The summed E-state index contributed by atoms with van der Waals surface area (Å²) in [6.45, 7) is 11.1. The molecule has 0 aromatic rings. The Morgan fingerprint density at radius 2 is 1.65 bits per heavy atom. The van der Waals surface area contributed by atoms with Gasteiger partial charge in [-0.15, -0.1) is 0 Å². The lowest BCUT2D eigenvalue weighted by atomic mass is 9.44. The summed E-state index contributed by atoms with van der Waals surface area (Å²) in [6.07, 6.45) is 10.6. The standard InChI is InChI=1S/C23H36O3/c1-20(2)18-7-5-15-16-6-8-19(24)22(16,4)10-9-17(15)21(18,3)11-12-23(20)25-13-14-26-23/h7,15-17,19,24H,5-6,8-14H2,1-4H3/t15-,16-,17-,19-,21+,22-/m0/s1. The van der Waals surface area contributed by atoms with E-state index in [0.717, 1.165) is 37.9 Å². The summed E-state index contributed by atoms with van der Waals surface area (Å²) in [4.78, 5) is 0. The monoisotopic (exact) mass is 360 g/mol. The summed E-state index contributed by atoms with van der Waals surface area (Å²) in [7, 11) is 0. The van der Waals surface area contributed by atoms with E-state index in [4.69, 9.17) is 9.47 Å². The van der Waals surface area contributed by atoms with Crippen LogP contribution in [0.4, 0.5) is 0 Å². The van der Waals surface area contributed by atoms with Crippen LogP contribution in [0.15, 0.2) is 11.6 Å². The first-order chi connectivity index (χ1) is 12.2. The first kappa shape index (κ1) is 17.7. The molecule has 5 rings (SSSR count). The fourth-order valence-corrected chi connectivity index (χ4v) is 8.26. The lowest BCUT2D eigenvalue weighted by Gasteiger charge is -2.62. The summed E-state index contributed by atoms with van der Waals surface area (Å²) in [5.41, 5.74) is 1.96. The molecule has 0 amide bonds. The molecule has 1 aliphatic heterocycles. The third-order valence-corrected chi connectivity index (χ3v) is 9.77. The summed E-state index contributed by atoms with van der Waals surface area (Å²) in [5, 5.41) is 10.6. The Bertz CT molecular complexity index is 631. The van der Waals surface area contributed by atoms with E-state index >= 15 is 0 Å². The van der Waals surface area contributed by atoms with Crippen LogP contribution >= 0.6 is 0 Å². The molecule has 146 valence electrons. The van der Waals surface area contributed by atoms with Crippen LogP contribution in [0.25, 0.3) is 0 Å². The third kappa shape index (κ3) is 1.96. The predicted octanol–water partition coefficient (Wildman–Crippen LogP) is 4.69. The fraction of sp³-hybridized carbons (Fsp3) is 0.913. The minimum atomic E-state index is -0.405. The highest BCUT2D eigenvalue weighted by atomic mass is 16.7. The van der Waals surface area contributed by atoms with Gasteiger partial charge in [0.2, 0.25) is 0 Å². The number of aliphatic hydroxyl groups excluding tert-OH is 1. The largest absolute Gasteiger partial charge is 0.393 e. The van der Waals surface area contributed by atoms with Crippen molar-refractivity contribution in [3.8, 4) is 0 Å². The highest BCUT2D eigenvalue weighted by Crippen LogP contribution is 2.69. The Balaban J connectivity index is 1.53. The van der Waals surface area contributed by atoms with E-state index in [9.17, 15) is 5.11 Å². The fourth-order valence-electron chi connectivity index (χ4n) is 8.26. The van der Waals surface area contributed by atoms with Gasteiger partial charge in [0.1, 0.15) is 0 Å².